The van der Waals surface area contributed by atoms with Crippen LogP contribution < -0.4 is 5.73 Å². The number of amides is 1. The first-order valence-corrected chi connectivity index (χ1v) is 5.65. The van der Waals surface area contributed by atoms with E-state index in [0.717, 1.165) is 5.56 Å². The van der Waals surface area contributed by atoms with Gasteiger partial charge < -0.3 is 10.5 Å². The van der Waals surface area contributed by atoms with Gasteiger partial charge >= 0.3 is 5.97 Å². The van der Waals surface area contributed by atoms with Gasteiger partial charge in [0.1, 0.15) is 12.3 Å². The normalized spacial score (nSPS) is 11.6. The lowest BCUT2D eigenvalue weighted by molar-refractivity contribution is -0.138. The van der Waals surface area contributed by atoms with E-state index in [4.69, 9.17) is 15.9 Å². The van der Waals surface area contributed by atoms with Gasteiger partial charge in [-0.1, -0.05) is 37.3 Å². The van der Waals surface area contributed by atoms with Gasteiger partial charge in [-0.2, -0.15) is 0 Å². The Labute approximate surface area is 105 Å². The quantitative estimate of drug-likeness (QED) is 0.586. The molecule has 0 aliphatic rings. The van der Waals surface area contributed by atoms with Crippen molar-refractivity contribution in [2.75, 3.05) is 0 Å². The molecule has 5 heteroatoms. The first kappa shape index (κ1) is 13.9. The van der Waals surface area contributed by atoms with E-state index in [9.17, 15) is 9.59 Å². The fourth-order valence-corrected chi connectivity index (χ4v) is 1.49. The number of carbonyl (C=O) groups is 2. The molecule has 0 radical (unpaired) electrons. The van der Waals surface area contributed by atoms with Crippen LogP contribution in [-0.2, 0) is 20.9 Å². The molecule has 0 spiro atoms. The number of nitrogens with two attached hydrogens (primary N) is 1. The second-order valence-electron chi connectivity index (χ2n) is 3.84. The van der Waals surface area contributed by atoms with Crippen molar-refractivity contribution in [1.29, 1.82) is 5.41 Å². The number of esters is 1. The first-order chi connectivity index (χ1) is 8.56. The van der Waals surface area contributed by atoms with Gasteiger partial charge in [0.2, 0.25) is 5.91 Å². The molecular formula is C13H16N2O3. The van der Waals surface area contributed by atoms with Crippen molar-refractivity contribution in [3.8, 4) is 0 Å². The molecule has 1 atom stereocenters. The predicted molar refractivity (Wildman–Crippen MR) is 66.9 cm³/mol. The fraction of sp³-hybridized carbons (Fsp3) is 0.308. The van der Waals surface area contributed by atoms with Crippen LogP contribution in [0.15, 0.2) is 30.3 Å². The minimum absolute atomic E-state index is 0.0806. The largest absolute Gasteiger partial charge is 0.456 e. The van der Waals surface area contributed by atoms with Gasteiger partial charge in [0.25, 0.3) is 0 Å². The molecule has 0 aliphatic heterocycles. The lowest BCUT2D eigenvalue weighted by Crippen LogP contribution is -2.34. The molecule has 0 bridgehead atoms. The minimum atomic E-state index is -0.881. The number of rotatable bonds is 6. The SMILES string of the molecule is CC[C@H](C(=N)C(=O)OCc1ccccc1)C(N)=O. The Morgan fingerprint density at radius 1 is 1.33 bits per heavy atom. The summed E-state index contributed by atoms with van der Waals surface area (Å²) in [5.74, 6) is -2.36. The van der Waals surface area contributed by atoms with E-state index in [1.807, 2.05) is 30.3 Å². The molecule has 3 N–H and O–H groups in total. The van der Waals surface area contributed by atoms with Crippen LogP contribution in [0.2, 0.25) is 0 Å². The zero-order valence-electron chi connectivity index (χ0n) is 10.2. The molecule has 5 nitrogen and oxygen atoms in total. The van der Waals surface area contributed by atoms with Crippen LogP contribution in [0.1, 0.15) is 18.9 Å². The van der Waals surface area contributed by atoms with E-state index in [0.29, 0.717) is 6.42 Å². The first-order valence-electron chi connectivity index (χ1n) is 5.65. The van der Waals surface area contributed by atoms with Crippen LogP contribution in [0, 0.1) is 11.3 Å². The molecule has 0 saturated heterocycles. The average Bonchev–Trinajstić information content (AvgIpc) is 2.37. The zero-order chi connectivity index (χ0) is 13.5. The Bertz CT molecular complexity index is 443. The topological polar surface area (TPSA) is 93.2 Å². The lowest BCUT2D eigenvalue weighted by atomic mass is 10.00. The van der Waals surface area contributed by atoms with E-state index in [-0.39, 0.29) is 12.3 Å². The summed E-state index contributed by atoms with van der Waals surface area (Å²) in [6, 6.07) is 9.12. The Kier molecular flexibility index (Phi) is 5.05. The molecule has 0 aliphatic carbocycles. The number of primary amides is 1. The van der Waals surface area contributed by atoms with Crippen molar-refractivity contribution in [2.45, 2.75) is 20.0 Å². The molecule has 0 aromatic heterocycles. The number of hydrogen-bond donors (Lipinski definition) is 2. The summed E-state index contributed by atoms with van der Waals surface area (Å²) in [4.78, 5) is 22.6. The molecule has 0 saturated carbocycles. The van der Waals surface area contributed by atoms with Crippen molar-refractivity contribution in [3.05, 3.63) is 35.9 Å². The van der Waals surface area contributed by atoms with Gasteiger partial charge in [0, 0.05) is 0 Å². The second-order valence-corrected chi connectivity index (χ2v) is 3.84. The summed E-state index contributed by atoms with van der Waals surface area (Å²) in [6.45, 7) is 1.77. The third-order valence-electron chi connectivity index (χ3n) is 2.53. The van der Waals surface area contributed by atoms with Crippen LogP contribution >= 0.6 is 0 Å². The van der Waals surface area contributed by atoms with Crippen LogP contribution in [-0.4, -0.2) is 17.6 Å². The fourth-order valence-electron chi connectivity index (χ4n) is 1.49. The standard InChI is InChI=1S/C13H16N2O3/c1-2-10(12(15)16)11(14)13(17)18-8-9-6-4-3-5-7-9/h3-7,10,14H,2,8H2,1H3,(H2,15,16)/t10-/m1/s1. The summed E-state index contributed by atoms with van der Waals surface area (Å²) < 4.78 is 4.95. The maximum Gasteiger partial charge on any atom is 0.353 e. The van der Waals surface area contributed by atoms with Gasteiger partial charge in [-0.15, -0.1) is 0 Å². The van der Waals surface area contributed by atoms with Gasteiger partial charge in [-0.3, -0.25) is 10.2 Å². The third-order valence-corrected chi connectivity index (χ3v) is 2.53. The summed E-state index contributed by atoms with van der Waals surface area (Å²) in [5, 5.41) is 7.57. The van der Waals surface area contributed by atoms with Gasteiger partial charge in [-0.25, -0.2) is 4.79 Å². The summed E-state index contributed by atoms with van der Waals surface area (Å²) in [5.41, 5.74) is 5.54. The van der Waals surface area contributed by atoms with Crippen LogP contribution in [0.4, 0.5) is 0 Å². The molecule has 1 rings (SSSR count). The summed E-state index contributed by atoms with van der Waals surface area (Å²) in [7, 11) is 0. The zero-order valence-corrected chi connectivity index (χ0v) is 10.2. The minimum Gasteiger partial charge on any atom is -0.456 e. The van der Waals surface area contributed by atoms with E-state index in [2.05, 4.69) is 0 Å². The Balaban J connectivity index is 2.55. The molecule has 0 fully saturated rings. The van der Waals surface area contributed by atoms with Gasteiger partial charge in [0.15, 0.2) is 0 Å². The molecule has 96 valence electrons. The molecular weight excluding hydrogens is 232 g/mol. The van der Waals surface area contributed by atoms with E-state index >= 15 is 0 Å². The maximum absolute atomic E-state index is 11.6. The van der Waals surface area contributed by atoms with Crippen molar-refractivity contribution >= 4 is 17.6 Å². The van der Waals surface area contributed by atoms with Crippen molar-refractivity contribution in [3.63, 3.8) is 0 Å². The van der Waals surface area contributed by atoms with Crippen LogP contribution in [0.5, 0.6) is 0 Å². The molecule has 1 amide bonds. The van der Waals surface area contributed by atoms with Gasteiger partial charge in [-0.05, 0) is 12.0 Å². The highest BCUT2D eigenvalue weighted by atomic mass is 16.5. The van der Waals surface area contributed by atoms with E-state index in [1.165, 1.54) is 0 Å². The maximum atomic E-state index is 11.6. The highest BCUT2D eigenvalue weighted by Crippen LogP contribution is 2.07. The van der Waals surface area contributed by atoms with Crippen LogP contribution in [0.3, 0.4) is 0 Å². The monoisotopic (exact) mass is 248 g/mol. The number of hydrogen-bond acceptors (Lipinski definition) is 4. The number of benzene rings is 1. The number of nitrogens with one attached hydrogen (secondary N) is 1. The summed E-state index contributed by atoms with van der Waals surface area (Å²) >= 11 is 0. The number of ether oxygens (including phenoxy) is 1. The van der Waals surface area contributed by atoms with Crippen molar-refractivity contribution in [2.24, 2.45) is 11.7 Å². The third kappa shape index (κ3) is 3.69. The second kappa shape index (κ2) is 6.54. The Hall–Kier alpha value is -2.17. The van der Waals surface area contributed by atoms with Crippen molar-refractivity contribution < 1.29 is 14.3 Å². The lowest BCUT2D eigenvalue weighted by Gasteiger charge is -2.11. The number of carbonyl (C=O) groups excluding carboxylic acids is 2. The smallest absolute Gasteiger partial charge is 0.353 e. The highest BCUT2D eigenvalue weighted by molar-refractivity contribution is 6.39. The van der Waals surface area contributed by atoms with E-state index < -0.39 is 17.8 Å². The molecule has 18 heavy (non-hydrogen) atoms. The highest BCUT2D eigenvalue weighted by Gasteiger charge is 2.25. The Morgan fingerprint density at radius 3 is 2.44 bits per heavy atom. The van der Waals surface area contributed by atoms with Crippen molar-refractivity contribution in [1.82, 2.24) is 0 Å². The average molecular weight is 248 g/mol. The summed E-state index contributed by atoms with van der Waals surface area (Å²) in [6.07, 6.45) is 0.314. The predicted octanol–water partition coefficient (Wildman–Crippen LogP) is 1.26. The molecule has 0 unspecified atom stereocenters. The van der Waals surface area contributed by atoms with E-state index in [1.54, 1.807) is 6.92 Å². The van der Waals surface area contributed by atoms with Gasteiger partial charge in [0.05, 0.1) is 5.92 Å². The molecule has 1 aromatic carbocycles. The molecule has 1 aromatic rings. The Morgan fingerprint density at radius 2 is 1.94 bits per heavy atom. The van der Waals surface area contributed by atoms with Crippen LogP contribution in [0.25, 0.3) is 0 Å². The molecule has 0 heterocycles.